The third kappa shape index (κ3) is 4.66. The normalized spacial score (nSPS) is 18.8. The highest BCUT2D eigenvalue weighted by molar-refractivity contribution is 5.78. The summed E-state index contributed by atoms with van der Waals surface area (Å²) in [5, 5.41) is 3.14. The Morgan fingerprint density at radius 3 is 2.59 bits per heavy atom. The Morgan fingerprint density at radius 1 is 1.41 bits per heavy atom. The van der Waals surface area contributed by atoms with Crippen LogP contribution in [0.5, 0.6) is 0 Å². The van der Waals surface area contributed by atoms with Crippen LogP contribution in [0.3, 0.4) is 0 Å². The van der Waals surface area contributed by atoms with Crippen LogP contribution in [0.1, 0.15) is 58.8 Å². The summed E-state index contributed by atoms with van der Waals surface area (Å²) in [6.45, 7) is 5.85. The first-order valence-corrected chi connectivity index (χ1v) is 7.15. The molecule has 1 amide bonds. The second-order valence-corrected chi connectivity index (χ2v) is 5.50. The van der Waals surface area contributed by atoms with Crippen LogP contribution in [-0.2, 0) is 4.79 Å². The van der Waals surface area contributed by atoms with Gasteiger partial charge in [0.05, 0.1) is 0 Å². The zero-order valence-electron chi connectivity index (χ0n) is 11.4. The Bertz CT molecular complexity index is 236. The van der Waals surface area contributed by atoms with E-state index in [4.69, 9.17) is 5.73 Å². The molecule has 1 fully saturated rings. The lowest BCUT2D eigenvalue weighted by Gasteiger charge is -2.18. The lowest BCUT2D eigenvalue weighted by molar-refractivity contribution is -0.125. The highest BCUT2D eigenvalue weighted by atomic mass is 16.1. The minimum atomic E-state index is 0.212. The Labute approximate surface area is 106 Å². The number of nitrogens with two attached hydrogens (primary N) is 1. The van der Waals surface area contributed by atoms with E-state index in [0.29, 0.717) is 5.41 Å². The Morgan fingerprint density at radius 2 is 2.12 bits per heavy atom. The van der Waals surface area contributed by atoms with Crippen molar-refractivity contribution in [2.45, 2.75) is 58.8 Å². The molecule has 1 unspecified atom stereocenters. The summed E-state index contributed by atoms with van der Waals surface area (Å²) in [5.41, 5.74) is 5.95. The van der Waals surface area contributed by atoms with Crippen molar-refractivity contribution < 1.29 is 4.79 Å². The van der Waals surface area contributed by atoms with Gasteiger partial charge < -0.3 is 11.1 Å². The van der Waals surface area contributed by atoms with Gasteiger partial charge in [0.15, 0.2) is 0 Å². The van der Waals surface area contributed by atoms with Crippen molar-refractivity contribution in [3.63, 3.8) is 0 Å². The van der Waals surface area contributed by atoms with Crippen molar-refractivity contribution in [2.24, 2.45) is 17.1 Å². The zero-order valence-corrected chi connectivity index (χ0v) is 11.4. The van der Waals surface area contributed by atoms with E-state index in [1.807, 2.05) is 0 Å². The highest BCUT2D eigenvalue weighted by Gasteiger charge is 2.41. The summed E-state index contributed by atoms with van der Waals surface area (Å²) in [5.74, 6) is 0.466. The molecule has 0 aromatic carbocycles. The van der Waals surface area contributed by atoms with Crippen molar-refractivity contribution in [3.05, 3.63) is 0 Å². The average molecular weight is 240 g/mol. The third-order valence-electron chi connectivity index (χ3n) is 4.04. The predicted molar refractivity (Wildman–Crippen MR) is 71.7 cm³/mol. The van der Waals surface area contributed by atoms with Gasteiger partial charge in [-0.25, -0.2) is 0 Å². The van der Waals surface area contributed by atoms with Crippen LogP contribution in [-0.4, -0.2) is 19.0 Å². The van der Waals surface area contributed by atoms with Crippen LogP contribution in [0.25, 0.3) is 0 Å². The van der Waals surface area contributed by atoms with Gasteiger partial charge in [0, 0.05) is 12.5 Å². The summed E-state index contributed by atoms with van der Waals surface area (Å²) in [6, 6.07) is 0. The fraction of sp³-hybridized carbons (Fsp3) is 0.929. The fourth-order valence-electron chi connectivity index (χ4n) is 2.39. The summed E-state index contributed by atoms with van der Waals surface area (Å²) < 4.78 is 0. The average Bonchev–Trinajstić information content (AvgIpc) is 3.08. The number of nitrogens with one attached hydrogen (secondary N) is 1. The maximum atomic E-state index is 12.0. The molecule has 1 atom stereocenters. The minimum absolute atomic E-state index is 0.212. The van der Waals surface area contributed by atoms with E-state index in [9.17, 15) is 4.79 Å². The van der Waals surface area contributed by atoms with Crippen molar-refractivity contribution in [3.8, 4) is 0 Å². The van der Waals surface area contributed by atoms with Gasteiger partial charge in [0.1, 0.15) is 0 Å². The van der Waals surface area contributed by atoms with Gasteiger partial charge in [-0.3, -0.25) is 4.79 Å². The topological polar surface area (TPSA) is 55.1 Å². The second kappa shape index (κ2) is 7.00. The first-order chi connectivity index (χ1) is 8.17. The van der Waals surface area contributed by atoms with Gasteiger partial charge in [0.25, 0.3) is 0 Å². The van der Waals surface area contributed by atoms with Crippen LogP contribution in [0.4, 0.5) is 0 Å². The molecule has 100 valence electrons. The quantitative estimate of drug-likeness (QED) is 0.650. The van der Waals surface area contributed by atoms with Crippen LogP contribution in [0.15, 0.2) is 0 Å². The second-order valence-electron chi connectivity index (χ2n) is 5.50. The van der Waals surface area contributed by atoms with Gasteiger partial charge in [-0.15, -0.1) is 0 Å². The van der Waals surface area contributed by atoms with E-state index in [1.165, 1.54) is 19.3 Å². The molecule has 3 nitrogen and oxygen atoms in total. The largest absolute Gasteiger partial charge is 0.355 e. The van der Waals surface area contributed by atoms with Gasteiger partial charge in [-0.1, -0.05) is 26.7 Å². The summed E-state index contributed by atoms with van der Waals surface area (Å²) in [6.07, 6.45) is 7.82. The fourth-order valence-corrected chi connectivity index (χ4v) is 2.39. The molecule has 3 heteroatoms. The Kier molecular flexibility index (Phi) is 5.96. The van der Waals surface area contributed by atoms with E-state index in [-0.39, 0.29) is 11.8 Å². The maximum absolute atomic E-state index is 12.0. The smallest absolute Gasteiger partial charge is 0.223 e. The Balaban J connectivity index is 2.27. The molecular weight excluding hydrogens is 212 g/mol. The van der Waals surface area contributed by atoms with Crippen LogP contribution in [0.2, 0.25) is 0 Å². The summed E-state index contributed by atoms with van der Waals surface area (Å²) in [4.78, 5) is 12.0. The monoisotopic (exact) mass is 240 g/mol. The highest BCUT2D eigenvalue weighted by Crippen LogP contribution is 2.47. The molecule has 1 aliphatic carbocycles. The molecule has 0 aliphatic heterocycles. The van der Waals surface area contributed by atoms with Crippen LogP contribution >= 0.6 is 0 Å². The summed E-state index contributed by atoms with van der Waals surface area (Å²) >= 11 is 0. The number of amides is 1. The predicted octanol–water partition coefficient (Wildman–Crippen LogP) is 2.45. The Hall–Kier alpha value is -0.570. The van der Waals surface area contributed by atoms with E-state index < -0.39 is 0 Å². The SMILES string of the molecule is CCCCC(CC)C(=O)NCC1(CCN)CC1. The molecule has 0 saturated heterocycles. The number of hydrogen-bond donors (Lipinski definition) is 2. The van der Waals surface area contributed by atoms with Gasteiger partial charge >= 0.3 is 0 Å². The number of unbranched alkanes of at least 4 members (excludes halogenated alkanes) is 1. The first kappa shape index (κ1) is 14.5. The van der Waals surface area contributed by atoms with Crippen molar-refractivity contribution in [2.75, 3.05) is 13.1 Å². The van der Waals surface area contributed by atoms with E-state index in [2.05, 4.69) is 19.2 Å². The number of hydrogen-bond acceptors (Lipinski definition) is 2. The van der Waals surface area contributed by atoms with Crippen molar-refractivity contribution >= 4 is 5.91 Å². The van der Waals surface area contributed by atoms with E-state index in [1.54, 1.807) is 0 Å². The first-order valence-electron chi connectivity index (χ1n) is 7.15. The molecule has 0 aromatic rings. The van der Waals surface area contributed by atoms with Crippen molar-refractivity contribution in [1.29, 1.82) is 0 Å². The third-order valence-corrected chi connectivity index (χ3v) is 4.04. The number of carbonyl (C=O) groups is 1. The molecule has 0 spiro atoms. The molecule has 1 aliphatic rings. The molecule has 0 bridgehead atoms. The molecule has 1 rings (SSSR count). The molecule has 17 heavy (non-hydrogen) atoms. The van der Waals surface area contributed by atoms with E-state index >= 15 is 0 Å². The van der Waals surface area contributed by atoms with Gasteiger partial charge in [0.2, 0.25) is 5.91 Å². The molecule has 3 N–H and O–H groups in total. The van der Waals surface area contributed by atoms with E-state index in [0.717, 1.165) is 38.8 Å². The van der Waals surface area contributed by atoms with Crippen LogP contribution in [0, 0.1) is 11.3 Å². The standard InChI is InChI=1S/C14H28N2O/c1-3-5-6-12(4-2)13(17)16-11-14(7-8-14)9-10-15/h12H,3-11,15H2,1-2H3,(H,16,17). The molecule has 1 saturated carbocycles. The van der Waals surface area contributed by atoms with Gasteiger partial charge in [-0.2, -0.15) is 0 Å². The molecule has 0 radical (unpaired) electrons. The summed E-state index contributed by atoms with van der Waals surface area (Å²) in [7, 11) is 0. The zero-order chi connectivity index (χ0) is 12.7. The molecule has 0 aromatic heterocycles. The number of carbonyl (C=O) groups excluding carboxylic acids is 1. The van der Waals surface area contributed by atoms with Crippen molar-refractivity contribution in [1.82, 2.24) is 5.32 Å². The maximum Gasteiger partial charge on any atom is 0.223 e. The van der Waals surface area contributed by atoms with Gasteiger partial charge in [-0.05, 0) is 44.1 Å². The lowest BCUT2D eigenvalue weighted by Crippen LogP contribution is -2.35. The lowest BCUT2D eigenvalue weighted by atomic mass is 9.97. The molecular formula is C14H28N2O. The minimum Gasteiger partial charge on any atom is -0.355 e. The molecule has 0 heterocycles. The number of rotatable bonds is 9. The van der Waals surface area contributed by atoms with Crippen LogP contribution < -0.4 is 11.1 Å².